The van der Waals surface area contributed by atoms with Gasteiger partial charge in [-0.2, -0.15) is 0 Å². The van der Waals surface area contributed by atoms with E-state index in [2.05, 4.69) is 41.4 Å². The van der Waals surface area contributed by atoms with Gasteiger partial charge in [-0.05, 0) is 49.6 Å². The normalized spacial score (nSPS) is 18.3. The van der Waals surface area contributed by atoms with Crippen molar-refractivity contribution in [2.75, 3.05) is 31.1 Å². The van der Waals surface area contributed by atoms with Gasteiger partial charge in [0.25, 0.3) is 0 Å². The summed E-state index contributed by atoms with van der Waals surface area (Å²) in [6.45, 7) is 5.29. The van der Waals surface area contributed by atoms with Crippen LogP contribution in [0.25, 0.3) is 0 Å². The first-order valence-corrected chi connectivity index (χ1v) is 9.50. The molecule has 1 saturated carbocycles. The number of hydrogen-bond donors (Lipinski definition) is 1. The molecule has 2 aromatic rings. The van der Waals surface area contributed by atoms with E-state index in [-0.39, 0.29) is 11.8 Å². The van der Waals surface area contributed by atoms with E-state index in [1.807, 2.05) is 11.0 Å². The molecule has 2 aliphatic rings. The molecule has 27 heavy (non-hydrogen) atoms. The lowest BCUT2D eigenvalue weighted by molar-refractivity contribution is -0.144. The lowest BCUT2D eigenvalue weighted by Crippen LogP contribution is -2.53. The third-order valence-electron chi connectivity index (χ3n) is 5.53. The summed E-state index contributed by atoms with van der Waals surface area (Å²) in [4.78, 5) is 29.8. The molecule has 2 fully saturated rings. The Kier molecular flexibility index (Phi) is 4.64. The lowest BCUT2D eigenvalue weighted by Gasteiger charge is -2.37. The van der Waals surface area contributed by atoms with Crippen LogP contribution >= 0.6 is 0 Å². The molecule has 1 aromatic heterocycles. The van der Waals surface area contributed by atoms with Gasteiger partial charge in [-0.3, -0.25) is 9.59 Å². The van der Waals surface area contributed by atoms with Crippen molar-refractivity contribution in [1.82, 2.24) is 10.2 Å². The second-order valence-electron chi connectivity index (χ2n) is 7.46. The number of rotatable bonds is 5. The second kappa shape index (κ2) is 7.10. The Labute approximate surface area is 159 Å². The zero-order chi connectivity index (χ0) is 18.9. The fourth-order valence-electron chi connectivity index (χ4n) is 3.71. The molecule has 1 saturated heterocycles. The maximum Gasteiger partial charge on any atom is 0.238 e. The van der Waals surface area contributed by atoms with Gasteiger partial charge in [-0.1, -0.05) is 12.1 Å². The van der Waals surface area contributed by atoms with Crippen LogP contribution in [0.3, 0.4) is 0 Å². The van der Waals surface area contributed by atoms with Crippen molar-refractivity contribution in [3.8, 4) is 0 Å². The molecule has 2 amide bonds. The minimum absolute atomic E-state index is 0.0247. The maximum absolute atomic E-state index is 13.0. The number of piperazine rings is 1. The number of benzene rings is 1. The SMILES string of the molecule is Cc1cccc(N2CCN(C(=O)C3(C(=O)NCc4ccco4)CC3)CC2)c1. The van der Waals surface area contributed by atoms with Gasteiger partial charge >= 0.3 is 0 Å². The van der Waals surface area contributed by atoms with Crippen molar-refractivity contribution < 1.29 is 14.0 Å². The molecule has 0 unspecified atom stereocenters. The summed E-state index contributed by atoms with van der Waals surface area (Å²) in [6, 6.07) is 12.0. The fraction of sp³-hybridized carbons (Fsp3) is 0.429. The summed E-state index contributed by atoms with van der Waals surface area (Å²) in [7, 11) is 0. The van der Waals surface area contributed by atoms with E-state index in [1.165, 1.54) is 11.3 Å². The minimum atomic E-state index is -0.863. The number of amides is 2. The van der Waals surface area contributed by atoms with Crippen molar-refractivity contribution in [1.29, 1.82) is 0 Å². The molecule has 142 valence electrons. The molecule has 1 N–H and O–H groups in total. The first-order valence-electron chi connectivity index (χ1n) is 9.50. The van der Waals surface area contributed by atoms with Crippen LogP contribution in [0.2, 0.25) is 0 Å². The number of carbonyl (C=O) groups is 2. The van der Waals surface area contributed by atoms with Gasteiger partial charge in [-0.25, -0.2) is 0 Å². The van der Waals surface area contributed by atoms with Crippen LogP contribution in [-0.2, 0) is 16.1 Å². The predicted octanol–water partition coefficient (Wildman–Crippen LogP) is 2.33. The van der Waals surface area contributed by atoms with E-state index in [0.29, 0.717) is 38.2 Å². The summed E-state index contributed by atoms with van der Waals surface area (Å²) >= 11 is 0. The van der Waals surface area contributed by atoms with Crippen LogP contribution in [0.15, 0.2) is 47.1 Å². The van der Waals surface area contributed by atoms with E-state index in [4.69, 9.17) is 4.42 Å². The molecule has 0 atom stereocenters. The van der Waals surface area contributed by atoms with Gasteiger partial charge in [0, 0.05) is 31.9 Å². The minimum Gasteiger partial charge on any atom is -0.467 e. The Bertz CT molecular complexity index is 819. The standard InChI is InChI=1S/C21H25N3O3/c1-16-4-2-5-17(14-16)23-9-11-24(12-10-23)20(26)21(7-8-21)19(25)22-15-18-6-3-13-27-18/h2-6,13-14H,7-12,15H2,1H3,(H,22,25). The number of nitrogens with one attached hydrogen (secondary N) is 1. The first-order chi connectivity index (χ1) is 13.1. The second-order valence-corrected chi connectivity index (χ2v) is 7.46. The zero-order valence-electron chi connectivity index (χ0n) is 15.6. The number of anilines is 1. The molecular formula is C21H25N3O3. The van der Waals surface area contributed by atoms with Gasteiger partial charge in [0.15, 0.2) is 0 Å². The Morgan fingerprint density at radius 1 is 1.11 bits per heavy atom. The molecule has 2 heterocycles. The summed E-state index contributed by atoms with van der Waals surface area (Å²) in [6.07, 6.45) is 2.84. The molecule has 1 aliphatic carbocycles. The summed E-state index contributed by atoms with van der Waals surface area (Å²) in [5, 5.41) is 2.86. The third-order valence-corrected chi connectivity index (χ3v) is 5.53. The van der Waals surface area contributed by atoms with E-state index in [9.17, 15) is 9.59 Å². The highest BCUT2D eigenvalue weighted by molar-refractivity contribution is 6.07. The predicted molar refractivity (Wildman–Crippen MR) is 102 cm³/mol. The molecule has 1 aliphatic heterocycles. The third kappa shape index (κ3) is 3.56. The molecule has 6 heteroatoms. The van der Waals surface area contributed by atoms with Crippen LogP contribution in [0, 0.1) is 12.3 Å². The highest BCUT2D eigenvalue weighted by Gasteiger charge is 2.58. The molecule has 4 rings (SSSR count). The van der Waals surface area contributed by atoms with Gasteiger partial charge < -0.3 is 19.5 Å². The number of aryl methyl sites for hydroxylation is 1. The monoisotopic (exact) mass is 367 g/mol. The molecule has 0 radical (unpaired) electrons. The van der Waals surface area contributed by atoms with Crippen molar-refractivity contribution in [3.63, 3.8) is 0 Å². The van der Waals surface area contributed by atoms with Crippen molar-refractivity contribution >= 4 is 17.5 Å². The van der Waals surface area contributed by atoms with E-state index < -0.39 is 5.41 Å². The zero-order valence-corrected chi connectivity index (χ0v) is 15.6. The van der Waals surface area contributed by atoms with Crippen LogP contribution in [-0.4, -0.2) is 42.9 Å². The highest BCUT2D eigenvalue weighted by atomic mass is 16.3. The molecule has 1 aromatic carbocycles. The Balaban J connectivity index is 1.34. The van der Waals surface area contributed by atoms with Gasteiger partial charge in [0.1, 0.15) is 11.2 Å². The molecule has 0 bridgehead atoms. The van der Waals surface area contributed by atoms with E-state index in [1.54, 1.807) is 12.3 Å². The lowest BCUT2D eigenvalue weighted by atomic mass is 10.0. The van der Waals surface area contributed by atoms with Crippen LogP contribution in [0.5, 0.6) is 0 Å². The summed E-state index contributed by atoms with van der Waals surface area (Å²) in [5.74, 6) is 0.492. The van der Waals surface area contributed by atoms with Gasteiger partial charge in [0.2, 0.25) is 11.8 Å². The largest absolute Gasteiger partial charge is 0.467 e. The van der Waals surface area contributed by atoms with Crippen LogP contribution < -0.4 is 10.2 Å². The number of carbonyl (C=O) groups excluding carboxylic acids is 2. The quantitative estimate of drug-likeness (QED) is 0.824. The smallest absolute Gasteiger partial charge is 0.238 e. The van der Waals surface area contributed by atoms with Gasteiger partial charge in [0.05, 0.1) is 12.8 Å². The van der Waals surface area contributed by atoms with Crippen molar-refractivity contribution in [2.45, 2.75) is 26.3 Å². The Morgan fingerprint density at radius 3 is 2.52 bits per heavy atom. The topological polar surface area (TPSA) is 65.8 Å². The summed E-state index contributed by atoms with van der Waals surface area (Å²) < 4.78 is 5.24. The fourth-order valence-corrected chi connectivity index (χ4v) is 3.71. The number of hydrogen-bond acceptors (Lipinski definition) is 4. The molecule has 0 spiro atoms. The van der Waals surface area contributed by atoms with Gasteiger partial charge in [-0.15, -0.1) is 0 Å². The average Bonchev–Trinajstić information content (AvgIpc) is 3.34. The van der Waals surface area contributed by atoms with Crippen LogP contribution in [0.4, 0.5) is 5.69 Å². The highest BCUT2D eigenvalue weighted by Crippen LogP contribution is 2.47. The van der Waals surface area contributed by atoms with Crippen molar-refractivity contribution in [2.24, 2.45) is 5.41 Å². The summed E-state index contributed by atoms with van der Waals surface area (Å²) in [5.41, 5.74) is 1.56. The maximum atomic E-state index is 13.0. The molecule has 6 nitrogen and oxygen atoms in total. The van der Waals surface area contributed by atoms with E-state index in [0.717, 1.165) is 13.1 Å². The first kappa shape index (κ1) is 17.6. The van der Waals surface area contributed by atoms with Crippen molar-refractivity contribution in [3.05, 3.63) is 54.0 Å². The van der Waals surface area contributed by atoms with E-state index >= 15 is 0 Å². The Hall–Kier alpha value is -2.76. The number of nitrogens with zero attached hydrogens (tertiary/aromatic N) is 2. The number of furan rings is 1. The van der Waals surface area contributed by atoms with Crippen LogP contribution in [0.1, 0.15) is 24.2 Å². The Morgan fingerprint density at radius 2 is 1.89 bits per heavy atom. The average molecular weight is 367 g/mol. The molecular weight excluding hydrogens is 342 g/mol.